The summed E-state index contributed by atoms with van der Waals surface area (Å²) in [5.41, 5.74) is 8.45. The predicted octanol–water partition coefficient (Wildman–Crippen LogP) is 4.58. The van der Waals surface area contributed by atoms with Gasteiger partial charge in [0.2, 0.25) is 0 Å². The summed E-state index contributed by atoms with van der Waals surface area (Å²) in [7, 11) is 0. The number of hydrogen-bond acceptors (Lipinski definition) is 4. The molecule has 1 aliphatic rings. The van der Waals surface area contributed by atoms with Crippen molar-refractivity contribution in [3.05, 3.63) is 27.7 Å². The first-order valence-electron chi connectivity index (χ1n) is 8.65. The molecule has 2 rings (SSSR count). The highest BCUT2D eigenvalue weighted by Crippen LogP contribution is 2.28. The minimum Gasteiger partial charge on any atom is -0.462 e. The van der Waals surface area contributed by atoms with Gasteiger partial charge in [0.15, 0.2) is 0 Å². The largest absolute Gasteiger partial charge is 0.462 e. The Bertz CT molecular complexity index is 546. The Morgan fingerprint density at radius 3 is 2.58 bits per heavy atom. The lowest BCUT2D eigenvalue weighted by Gasteiger charge is -2.21. The molecule has 2 N–H and O–H groups in total. The lowest BCUT2D eigenvalue weighted by atomic mass is 10.1. The molecule has 1 aromatic rings. The van der Waals surface area contributed by atoms with Gasteiger partial charge in [-0.25, -0.2) is 4.79 Å². The van der Waals surface area contributed by atoms with Gasteiger partial charge in [-0.2, -0.15) is 0 Å². The van der Waals surface area contributed by atoms with E-state index in [0.717, 1.165) is 42.5 Å². The molecule has 1 aliphatic heterocycles. The molecule has 1 heterocycles. The van der Waals surface area contributed by atoms with Gasteiger partial charge in [-0.15, -0.1) is 11.6 Å². The fraction of sp³-hybridized carbons (Fsp3) is 0.611. The van der Waals surface area contributed by atoms with Gasteiger partial charge in [0.25, 0.3) is 0 Å². The predicted molar refractivity (Wildman–Crippen MR) is 103 cm³/mol. The van der Waals surface area contributed by atoms with E-state index < -0.39 is 0 Å². The minimum absolute atomic E-state index is 0.303. The molecule has 1 saturated heterocycles. The summed E-state index contributed by atoms with van der Waals surface area (Å²) in [5, 5.41) is 0. The van der Waals surface area contributed by atoms with Crippen LogP contribution >= 0.6 is 27.5 Å². The zero-order chi connectivity index (χ0) is 17.4. The third-order valence-electron chi connectivity index (χ3n) is 4.30. The van der Waals surface area contributed by atoms with E-state index in [2.05, 4.69) is 20.8 Å². The number of nitrogens with two attached hydrogens (primary N) is 1. The Balaban J connectivity index is 2.04. The van der Waals surface area contributed by atoms with E-state index in [1.165, 1.54) is 25.7 Å². The van der Waals surface area contributed by atoms with Crippen LogP contribution in [-0.2, 0) is 11.3 Å². The van der Waals surface area contributed by atoms with Crippen LogP contribution in [-0.4, -0.2) is 36.4 Å². The van der Waals surface area contributed by atoms with Crippen LogP contribution in [0.5, 0.6) is 0 Å². The van der Waals surface area contributed by atoms with Crippen LogP contribution in [0.25, 0.3) is 0 Å². The van der Waals surface area contributed by atoms with E-state index >= 15 is 0 Å². The number of alkyl halides is 1. The molecule has 0 spiro atoms. The van der Waals surface area contributed by atoms with Crippen molar-refractivity contribution in [2.45, 2.75) is 45.1 Å². The maximum atomic E-state index is 12.2. The summed E-state index contributed by atoms with van der Waals surface area (Å²) >= 11 is 9.10. The molecule has 0 aliphatic carbocycles. The highest BCUT2D eigenvalue weighted by Gasteiger charge is 2.16. The molecule has 1 fully saturated rings. The summed E-state index contributed by atoms with van der Waals surface area (Å²) in [6, 6.07) is 3.61. The maximum Gasteiger partial charge on any atom is 0.338 e. The summed E-state index contributed by atoms with van der Waals surface area (Å²) in [6.45, 7) is 3.35. The smallest absolute Gasteiger partial charge is 0.338 e. The Morgan fingerprint density at radius 2 is 1.92 bits per heavy atom. The van der Waals surface area contributed by atoms with Crippen molar-refractivity contribution < 1.29 is 9.53 Å². The molecular formula is C18H26BrClN2O2. The summed E-state index contributed by atoms with van der Waals surface area (Å²) in [6.07, 6.45) is 6.67. The molecule has 0 radical (unpaired) electrons. The fourth-order valence-corrected chi connectivity index (χ4v) is 3.59. The molecule has 24 heavy (non-hydrogen) atoms. The monoisotopic (exact) mass is 416 g/mol. The van der Waals surface area contributed by atoms with Gasteiger partial charge in [-0.05, 0) is 72.4 Å². The van der Waals surface area contributed by atoms with Gasteiger partial charge >= 0.3 is 5.97 Å². The van der Waals surface area contributed by atoms with Crippen LogP contribution in [0.3, 0.4) is 0 Å². The SMILES string of the molecule is Nc1c(Br)cc(C(=O)OCCCCCl)cc1CN1CCCCCC1. The molecule has 0 bridgehead atoms. The molecule has 0 atom stereocenters. The zero-order valence-electron chi connectivity index (χ0n) is 14.0. The Labute approximate surface area is 157 Å². The Hall–Kier alpha value is -0.780. The van der Waals surface area contributed by atoms with E-state index in [1.807, 2.05) is 6.07 Å². The highest BCUT2D eigenvalue weighted by molar-refractivity contribution is 9.10. The van der Waals surface area contributed by atoms with Crippen LogP contribution in [0.15, 0.2) is 16.6 Å². The summed E-state index contributed by atoms with van der Waals surface area (Å²) in [4.78, 5) is 14.7. The van der Waals surface area contributed by atoms with Gasteiger partial charge in [0.1, 0.15) is 0 Å². The normalized spacial score (nSPS) is 15.9. The van der Waals surface area contributed by atoms with Crippen LogP contribution in [0, 0.1) is 0 Å². The number of rotatable bonds is 7. The summed E-state index contributed by atoms with van der Waals surface area (Å²) < 4.78 is 6.07. The highest BCUT2D eigenvalue weighted by atomic mass is 79.9. The second-order valence-electron chi connectivity index (χ2n) is 6.25. The number of nitrogen functional groups attached to an aromatic ring is 1. The van der Waals surface area contributed by atoms with Crippen molar-refractivity contribution in [1.82, 2.24) is 4.90 Å². The number of unbranched alkanes of at least 4 members (excludes halogenated alkanes) is 1. The number of carbonyl (C=O) groups is 1. The average molecular weight is 418 g/mol. The molecule has 0 saturated carbocycles. The van der Waals surface area contributed by atoms with Crippen LogP contribution in [0.2, 0.25) is 0 Å². The van der Waals surface area contributed by atoms with Crippen molar-refractivity contribution in [3.63, 3.8) is 0 Å². The lowest BCUT2D eigenvalue weighted by molar-refractivity contribution is 0.0499. The number of benzene rings is 1. The number of anilines is 1. The van der Waals surface area contributed by atoms with E-state index in [-0.39, 0.29) is 5.97 Å². The zero-order valence-corrected chi connectivity index (χ0v) is 16.4. The third-order valence-corrected chi connectivity index (χ3v) is 5.23. The summed E-state index contributed by atoms with van der Waals surface area (Å²) in [5.74, 6) is 0.285. The van der Waals surface area contributed by atoms with E-state index in [1.54, 1.807) is 6.07 Å². The number of hydrogen-bond donors (Lipinski definition) is 1. The molecular weight excluding hydrogens is 392 g/mol. The Morgan fingerprint density at radius 1 is 1.21 bits per heavy atom. The maximum absolute atomic E-state index is 12.2. The molecule has 6 heteroatoms. The fourth-order valence-electron chi connectivity index (χ4n) is 2.90. The number of esters is 1. The van der Waals surface area contributed by atoms with E-state index in [4.69, 9.17) is 22.1 Å². The molecule has 0 aromatic heterocycles. The first-order valence-corrected chi connectivity index (χ1v) is 9.98. The van der Waals surface area contributed by atoms with Crippen molar-refractivity contribution in [3.8, 4) is 0 Å². The topological polar surface area (TPSA) is 55.6 Å². The van der Waals surface area contributed by atoms with E-state index in [0.29, 0.717) is 23.7 Å². The number of halogens is 2. The quantitative estimate of drug-likeness (QED) is 0.305. The standard InChI is InChI=1S/C18H26BrClN2O2/c19-16-12-14(18(23)24-10-6-3-7-20)11-15(17(16)21)13-22-8-4-1-2-5-9-22/h11-12H,1-10,13,21H2. The molecule has 0 unspecified atom stereocenters. The van der Waals surface area contributed by atoms with Crippen molar-refractivity contribution in [1.29, 1.82) is 0 Å². The first kappa shape index (κ1) is 19.5. The van der Waals surface area contributed by atoms with Crippen LogP contribution in [0.1, 0.15) is 54.4 Å². The van der Waals surface area contributed by atoms with Gasteiger partial charge in [-0.1, -0.05) is 12.8 Å². The number of nitrogens with zero attached hydrogens (tertiary/aromatic N) is 1. The van der Waals surface area contributed by atoms with Crippen LogP contribution < -0.4 is 5.73 Å². The number of carbonyl (C=O) groups excluding carboxylic acids is 1. The average Bonchev–Trinajstić information content (AvgIpc) is 2.84. The third kappa shape index (κ3) is 5.94. The number of likely N-dealkylation sites (tertiary alicyclic amines) is 1. The van der Waals surface area contributed by atoms with Gasteiger partial charge < -0.3 is 10.5 Å². The van der Waals surface area contributed by atoms with Gasteiger partial charge in [0.05, 0.1) is 17.9 Å². The lowest BCUT2D eigenvalue weighted by Crippen LogP contribution is -2.24. The van der Waals surface area contributed by atoms with E-state index in [9.17, 15) is 4.79 Å². The van der Waals surface area contributed by atoms with Gasteiger partial charge in [-0.3, -0.25) is 4.90 Å². The van der Waals surface area contributed by atoms with Crippen molar-refractivity contribution in [2.24, 2.45) is 0 Å². The molecule has 1 aromatic carbocycles. The Kier molecular flexibility index (Phi) is 8.36. The number of ether oxygens (including phenoxy) is 1. The molecule has 134 valence electrons. The van der Waals surface area contributed by atoms with Crippen molar-refractivity contribution >= 4 is 39.2 Å². The minimum atomic E-state index is -0.303. The van der Waals surface area contributed by atoms with Crippen molar-refractivity contribution in [2.75, 3.05) is 31.3 Å². The second-order valence-corrected chi connectivity index (χ2v) is 7.49. The first-order chi connectivity index (χ1) is 11.6. The molecule has 0 amide bonds. The van der Waals surface area contributed by atoms with Crippen LogP contribution in [0.4, 0.5) is 5.69 Å². The molecule has 4 nitrogen and oxygen atoms in total. The second kappa shape index (κ2) is 10.3. The van der Waals surface area contributed by atoms with Gasteiger partial charge in [0, 0.05) is 16.9 Å².